The number of alkyl halides is 3. The third-order valence-electron chi connectivity index (χ3n) is 2.83. The molecule has 7 heteroatoms. The van der Waals surface area contributed by atoms with Crippen molar-refractivity contribution in [3.05, 3.63) is 11.8 Å². The van der Waals surface area contributed by atoms with Crippen LogP contribution in [0.25, 0.3) is 0 Å². The second-order valence-corrected chi connectivity index (χ2v) is 4.51. The third kappa shape index (κ3) is 3.75. The summed E-state index contributed by atoms with van der Waals surface area (Å²) in [4.78, 5) is 6.91. The lowest BCUT2D eigenvalue weighted by Gasteiger charge is -2.10. The van der Waals surface area contributed by atoms with Crippen molar-refractivity contribution in [1.29, 1.82) is 0 Å². The van der Waals surface area contributed by atoms with Crippen LogP contribution in [0.5, 0.6) is 0 Å². The van der Waals surface area contributed by atoms with Crippen LogP contribution in [0.3, 0.4) is 0 Å². The molecule has 18 heavy (non-hydrogen) atoms. The molecule has 0 spiro atoms. The van der Waals surface area contributed by atoms with Crippen molar-refractivity contribution < 1.29 is 13.2 Å². The zero-order chi connectivity index (χ0) is 13.2. The Hall–Kier alpha value is -1.53. The standard InChI is InChI=1S/C11H15F3N4/c12-11(13,14)8-6-9(18-10(15)17-8)16-5-1-2-7-3-4-7/h6-7H,1-5H2,(H3,15,16,17,18). The zero-order valence-corrected chi connectivity index (χ0v) is 9.80. The van der Waals surface area contributed by atoms with Gasteiger partial charge in [-0.15, -0.1) is 0 Å². The SMILES string of the molecule is Nc1nc(NCCCC2CC2)cc(C(F)(F)F)n1. The summed E-state index contributed by atoms with van der Waals surface area (Å²) in [7, 11) is 0. The molecule has 2 rings (SSSR count). The van der Waals surface area contributed by atoms with Gasteiger partial charge in [-0.3, -0.25) is 0 Å². The molecule has 0 aromatic carbocycles. The molecule has 1 heterocycles. The number of aromatic nitrogens is 2. The first-order valence-electron chi connectivity index (χ1n) is 5.91. The maximum absolute atomic E-state index is 12.5. The first-order valence-corrected chi connectivity index (χ1v) is 5.91. The lowest BCUT2D eigenvalue weighted by atomic mass is 10.2. The van der Waals surface area contributed by atoms with Crippen LogP contribution < -0.4 is 11.1 Å². The number of nitrogens with one attached hydrogen (secondary N) is 1. The minimum Gasteiger partial charge on any atom is -0.370 e. The summed E-state index contributed by atoms with van der Waals surface area (Å²) in [6.07, 6.45) is 0.0917. The summed E-state index contributed by atoms with van der Waals surface area (Å²) in [5.74, 6) is 0.577. The van der Waals surface area contributed by atoms with Gasteiger partial charge in [0.1, 0.15) is 5.82 Å². The lowest BCUT2D eigenvalue weighted by molar-refractivity contribution is -0.141. The molecule has 4 nitrogen and oxygen atoms in total. The number of halogens is 3. The summed E-state index contributed by atoms with van der Waals surface area (Å²) in [5.41, 5.74) is 4.24. The van der Waals surface area contributed by atoms with Crippen molar-refractivity contribution >= 4 is 11.8 Å². The van der Waals surface area contributed by atoms with Gasteiger partial charge in [-0.05, 0) is 18.8 Å². The predicted octanol–water partition coefficient (Wildman–Crippen LogP) is 2.68. The van der Waals surface area contributed by atoms with Gasteiger partial charge in [-0.25, -0.2) is 4.98 Å². The molecule has 1 fully saturated rings. The Bertz CT molecular complexity index is 415. The van der Waals surface area contributed by atoms with Gasteiger partial charge in [0, 0.05) is 12.6 Å². The molecule has 0 atom stereocenters. The lowest BCUT2D eigenvalue weighted by Crippen LogP contribution is -2.13. The van der Waals surface area contributed by atoms with E-state index in [9.17, 15) is 13.2 Å². The molecule has 0 unspecified atom stereocenters. The normalized spacial score (nSPS) is 15.7. The molecule has 0 saturated heterocycles. The fourth-order valence-corrected chi connectivity index (χ4v) is 1.72. The number of rotatable bonds is 5. The quantitative estimate of drug-likeness (QED) is 0.799. The molecule has 1 aliphatic carbocycles. The molecule has 1 aromatic heterocycles. The topological polar surface area (TPSA) is 63.8 Å². The van der Waals surface area contributed by atoms with Crippen LogP contribution in [-0.2, 0) is 6.18 Å². The highest BCUT2D eigenvalue weighted by atomic mass is 19.4. The molecule has 1 aromatic rings. The Kier molecular flexibility index (Phi) is 3.58. The number of nitrogens with zero attached hydrogens (tertiary/aromatic N) is 2. The highest BCUT2D eigenvalue weighted by Gasteiger charge is 2.33. The van der Waals surface area contributed by atoms with Crippen LogP contribution in [0.1, 0.15) is 31.4 Å². The van der Waals surface area contributed by atoms with Crippen LogP contribution in [0, 0.1) is 5.92 Å². The van der Waals surface area contributed by atoms with E-state index in [1.165, 1.54) is 12.8 Å². The second kappa shape index (κ2) is 4.99. The van der Waals surface area contributed by atoms with Crippen LogP contribution in [0.4, 0.5) is 24.9 Å². The molecular formula is C11H15F3N4. The first-order chi connectivity index (χ1) is 8.45. The van der Waals surface area contributed by atoms with Gasteiger partial charge in [-0.1, -0.05) is 12.8 Å². The van der Waals surface area contributed by atoms with E-state index in [-0.39, 0.29) is 11.8 Å². The Morgan fingerprint density at radius 1 is 1.33 bits per heavy atom. The third-order valence-corrected chi connectivity index (χ3v) is 2.83. The predicted molar refractivity (Wildman–Crippen MR) is 61.9 cm³/mol. The molecule has 3 N–H and O–H groups in total. The van der Waals surface area contributed by atoms with Crippen molar-refractivity contribution in [3.63, 3.8) is 0 Å². The number of hydrogen-bond acceptors (Lipinski definition) is 4. The molecule has 0 bridgehead atoms. The summed E-state index contributed by atoms with van der Waals surface area (Å²) < 4.78 is 37.4. The average molecular weight is 260 g/mol. The van der Waals surface area contributed by atoms with Gasteiger partial charge in [0.05, 0.1) is 0 Å². The van der Waals surface area contributed by atoms with E-state index < -0.39 is 11.9 Å². The summed E-state index contributed by atoms with van der Waals surface area (Å²) in [6, 6.07) is 0.882. The highest BCUT2D eigenvalue weighted by Crippen LogP contribution is 2.33. The van der Waals surface area contributed by atoms with Gasteiger partial charge in [-0.2, -0.15) is 18.2 Å². The number of hydrogen-bond donors (Lipinski definition) is 2. The molecule has 0 amide bonds. The van der Waals surface area contributed by atoms with E-state index in [1.807, 2.05) is 0 Å². The van der Waals surface area contributed by atoms with Gasteiger partial charge < -0.3 is 11.1 Å². The number of anilines is 2. The van der Waals surface area contributed by atoms with Gasteiger partial charge >= 0.3 is 6.18 Å². The van der Waals surface area contributed by atoms with Crippen molar-refractivity contribution in [2.45, 2.75) is 31.9 Å². The summed E-state index contributed by atoms with van der Waals surface area (Å²) in [6.45, 7) is 0.601. The van der Waals surface area contributed by atoms with Gasteiger partial charge in [0.25, 0.3) is 0 Å². The smallest absolute Gasteiger partial charge is 0.370 e. The number of nitrogens with two attached hydrogens (primary N) is 1. The minimum absolute atomic E-state index is 0.130. The number of nitrogen functional groups attached to an aromatic ring is 1. The minimum atomic E-state index is -4.50. The van der Waals surface area contributed by atoms with E-state index in [0.29, 0.717) is 6.54 Å². The van der Waals surface area contributed by atoms with E-state index >= 15 is 0 Å². The van der Waals surface area contributed by atoms with Gasteiger partial charge in [0.2, 0.25) is 5.95 Å². The summed E-state index contributed by atoms with van der Waals surface area (Å²) in [5, 5.41) is 2.85. The molecule has 0 aliphatic heterocycles. The maximum Gasteiger partial charge on any atom is 0.433 e. The molecule has 1 saturated carbocycles. The van der Waals surface area contributed by atoms with Crippen LogP contribution in [0.15, 0.2) is 6.07 Å². The highest BCUT2D eigenvalue weighted by molar-refractivity contribution is 5.41. The first kappa shape index (κ1) is 12.9. The van der Waals surface area contributed by atoms with Crippen molar-refractivity contribution in [2.24, 2.45) is 5.92 Å². The van der Waals surface area contributed by atoms with E-state index in [0.717, 1.165) is 24.8 Å². The van der Waals surface area contributed by atoms with E-state index in [1.54, 1.807) is 0 Å². The van der Waals surface area contributed by atoms with E-state index in [2.05, 4.69) is 15.3 Å². The van der Waals surface area contributed by atoms with Crippen molar-refractivity contribution in [3.8, 4) is 0 Å². The van der Waals surface area contributed by atoms with Crippen LogP contribution in [-0.4, -0.2) is 16.5 Å². The van der Waals surface area contributed by atoms with Crippen LogP contribution >= 0.6 is 0 Å². The molecular weight excluding hydrogens is 245 g/mol. The fraction of sp³-hybridized carbons (Fsp3) is 0.636. The Morgan fingerprint density at radius 3 is 2.67 bits per heavy atom. The Morgan fingerprint density at radius 2 is 2.06 bits per heavy atom. The Labute approximate surface area is 103 Å². The van der Waals surface area contributed by atoms with Crippen molar-refractivity contribution in [1.82, 2.24) is 9.97 Å². The maximum atomic E-state index is 12.5. The van der Waals surface area contributed by atoms with Crippen LogP contribution in [0.2, 0.25) is 0 Å². The monoisotopic (exact) mass is 260 g/mol. The molecule has 0 radical (unpaired) electrons. The molecule has 100 valence electrons. The van der Waals surface area contributed by atoms with Crippen molar-refractivity contribution in [2.75, 3.05) is 17.6 Å². The Balaban J connectivity index is 1.92. The fourth-order valence-electron chi connectivity index (χ4n) is 1.72. The van der Waals surface area contributed by atoms with E-state index in [4.69, 9.17) is 5.73 Å². The second-order valence-electron chi connectivity index (χ2n) is 4.51. The largest absolute Gasteiger partial charge is 0.433 e. The zero-order valence-electron chi connectivity index (χ0n) is 9.80. The average Bonchev–Trinajstić information content (AvgIpc) is 3.06. The summed E-state index contributed by atoms with van der Waals surface area (Å²) >= 11 is 0. The van der Waals surface area contributed by atoms with Gasteiger partial charge in [0.15, 0.2) is 5.69 Å². The molecule has 1 aliphatic rings.